The van der Waals surface area contributed by atoms with Gasteiger partial charge < -0.3 is 9.64 Å². The topological polar surface area (TPSA) is 43.2 Å². The van der Waals surface area contributed by atoms with Gasteiger partial charge in [0, 0.05) is 24.9 Å². The molecule has 29 heavy (non-hydrogen) atoms. The number of hydrogen-bond acceptors (Lipinski definition) is 4. The van der Waals surface area contributed by atoms with E-state index in [0.717, 1.165) is 18.8 Å². The lowest BCUT2D eigenvalue weighted by atomic mass is 10.1. The molecule has 10 heteroatoms. The molecule has 0 atom stereocenters. The van der Waals surface area contributed by atoms with Crippen LogP contribution < -0.4 is 9.64 Å². The summed E-state index contributed by atoms with van der Waals surface area (Å²) in [5.74, 6) is -0.464. The highest BCUT2D eigenvalue weighted by Crippen LogP contribution is 2.43. The van der Waals surface area contributed by atoms with Crippen LogP contribution in [-0.4, -0.2) is 27.9 Å². The summed E-state index contributed by atoms with van der Waals surface area (Å²) in [6, 6.07) is 8.07. The van der Waals surface area contributed by atoms with Crippen LogP contribution >= 0.6 is 11.6 Å². The maximum absolute atomic E-state index is 14.7. The predicted molar refractivity (Wildman–Crippen MR) is 99.4 cm³/mol. The molecule has 3 aromatic rings. The van der Waals surface area contributed by atoms with Crippen LogP contribution in [0.15, 0.2) is 36.5 Å². The summed E-state index contributed by atoms with van der Waals surface area (Å²) in [4.78, 5) is 6.20. The largest absolute Gasteiger partial charge is 0.489 e. The van der Waals surface area contributed by atoms with E-state index in [-0.39, 0.29) is 11.3 Å². The molecule has 0 N–H and O–H groups in total. The number of halogens is 5. The third-order valence-corrected chi connectivity index (χ3v) is 4.96. The molecular formula is C19H15ClF4N4O. The van der Waals surface area contributed by atoms with Crippen LogP contribution in [0.4, 0.5) is 23.2 Å². The van der Waals surface area contributed by atoms with Gasteiger partial charge in [0.2, 0.25) is 0 Å². The second kappa shape index (κ2) is 7.22. The van der Waals surface area contributed by atoms with Crippen LogP contribution in [0.1, 0.15) is 11.4 Å². The van der Waals surface area contributed by atoms with Gasteiger partial charge in [-0.25, -0.2) is 4.39 Å². The van der Waals surface area contributed by atoms with Crippen LogP contribution in [0.5, 0.6) is 5.75 Å². The minimum atomic E-state index is -4.71. The number of aromatic nitrogens is 3. The van der Waals surface area contributed by atoms with E-state index >= 15 is 0 Å². The standard InChI is InChI=1S/C19H15ClF4N4O/c1-27-18(19(22,23)24)16(20)17(26-27)12-8-14-15(9-13(12)21)29-7-6-28(14)10-11-4-2-3-5-25-11/h2-5,8-9H,6-7,10H2,1H3. The number of anilines is 1. The second-order valence-electron chi connectivity index (χ2n) is 6.52. The maximum Gasteiger partial charge on any atom is 0.434 e. The van der Waals surface area contributed by atoms with Gasteiger partial charge in [0.1, 0.15) is 23.9 Å². The highest BCUT2D eigenvalue weighted by molar-refractivity contribution is 6.33. The first-order valence-electron chi connectivity index (χ1n) is 8.67. The molecule has 0 fully saturated rings. The number of hydrogen-bond donors (Lipinski definition) is 0. The number of nitrogens with zero attached hydrogens (tertiary/aromatic N) is 4. The van der Waals surface area contributed by atoms with Crippen molar-refractivity contribution in [3.63, 3.8) is 0 Å². The summed E-state index contributed by atoms with van der Waals surface area (Å²) in [5.41, 5.74) is -0.204. The van der Waals surface area contributed by atoms with Crippen molar-refractivity contribution in [3.8, 4) is 17.0 Å². The SMILES string of the molecule is Cn1nc(-c2cc3c(cc2F)OCCN3Cc2ccccn2)c(Cl)c1C(F)(F)F. The van der Waals surface area contributed by atoms with Gasteiger partial charge in [0.25, 0.3) is 0 Å². The first-order valence-corrected chi connectivity index (χ1v) is 9.04. The molecule has 0 spiro atoms. The fourth-order valence-electron chi connectivity index (χ4n) is 3.30. The molecule has 2 aromatic heterocycles. The fourth-order valence-corrected chi connectivity index (χ4v) is 3.67. The molecule has 3 heterocycles. The second-order valence-corrected chi connectivity index (χ2v) is 6.90. The van der Waals surface area contributed by atoms with Crippen molar-refractivity contribution in [3.05, 3.63) is 58.8 Å². The predicted octanol–water partition coefficient (Wildman–Crippen LogP) is 4.69. The Labute approximate surface area is 168 Å². The van der Waals surface area contributed by atoms with Crippen LogP contribution in [-0.2, 0) is 19.8 Å². The molecular weight excluding hydrogens is 412 g/mol. The van der Waals surface area contributed by atoms with E-state index in [1.807, 2.05) is 17.0 Å². The first-order chi connectivity index (χ1) is 13.8. The Kier molecular flexibility index (Phi) is 4.85. The van der Waals surface area contributed by atoms with Gasteiger partial charge in [0.05, 0.1) is 29.5 Å². The molecule has 0 saturated carbocycles. The molecule has 0 radical (unpaired) electrons. The molecule has 0 saturated heterocycles. The quantitative estimate of drug-likeness (QED) is 0.570. The van der Waals surface area contributed by atoms with E-state index in [1.165, 1.54) is 6.07 Å². The minimum absolute atomic E-state index is 0.128. The van der Waals surface area contributed by atoms with Gasteiger partial charge in [-0.2, -0.15) is 18.3 Å². The third kappa shape index (κ3) is 3.62. The highest BCUT2D eigenvalue weighted by Gasteiger charge is 2.39. The van der Waals surface area contributed by atoms with Crippen LogP contribution in [0.25, 0.3) is 11.3 Å². The van der Waals surface area contributed by atoms with Crippen molar-refractivity contribution in [2.75, 3.05) is 18.1 Å². The van der Waals surface area contributed by atoms with Crippen molar-refractivity contribution in [1.29, 1.82) is 0 Å². The van der Waals surface area contributed by atoms with Crippen molar-refractivity contribution >= 4 is 17.3 Å². The van der Waals surface area contributed by atoms with Gasteiger partial charge >= 0.3 is 6.18 Å². The zero-order valence-electron chi connectivity index (χ0n) is 15.2. The van der Waals surface area contributed by atoms with E-state index in [2.05, 4.69) is 10.1 Å². The monoisotopic (exact) mass is 426 g/mol. The fraction of sp³-hybridized carbons (Fsp3) is 0.263. The van der Waals surface area contributed by atoms with Crippen molar-refractivity contribution in [1.82, 2.24) is 14.8 Å². The van der Waals surface area contributed by atoms with Gasteiger partial charge in [-0.15, -0.1) is 0 Å². The highest BCUT2D eigenvalue weighted by atomic mass is 35.5. The number of fused-ring (bicyclic) bond motifs is 1. The normalized spacial score (nSPS) is 13.9. The van der Waals surface area contributed by atoms with E-state index in [9.17, 15) is 17.6 Å². The lowest BCUT2D eigenvalue weighted by molar-refractivity contribution is -0.143. The lowest BCUT2D eigenvalue weighted by Gasteiger charge is -2.31. The van der Waals surface area contributed by atoms with E-state index in [0.29, 0.717) is 35.8 Å². The third-order valence-electron chi connectivity index (χ3n) is 4.60. The Balaban J connectivity index is 1.79. The number of benzene rings is 1. The molecule has 1 aliphatic rings. The summed E-state index contributed by atoms with van der Waals surface area (Å²) in [7, 11) is 1.12. The molecule has 0 aliphatic carbocycles. The molecule has 0 unspecified atom stereocenters. The Bertz CT molecular complexity index is 1050. The van der Waals surface area contributed by atoms with Gasteiger partial charge in [-0.05, 0) is 18.2 Å². The Morgan fingerprint density at radius 1 is 1.24 bits per heavy atom. The van der Waals surface area contributed by atoms with Gasteiger partial charge in [-0.1, -0.05) is 17.7 Å². The number of aryl methyl sites for hydroxylation is 1. The molecule has 1 aromatic carbocycles. The lowest BCUT2D eigenvalue weighted by Crippen LogP contribution is -2.32. The number of rotatable bonds is 3. The molecule has 152 valence electrons. The number of ether oxygens (including phenoxy) is 1. The molecule has 1 aliphatic heterocycles. The van der Waals surface area contributed by atoms with Crippen LogP contribution in [0.3, 0.4) is 0 Å². The number of pyridine rings is 1. The first kappa shape index (κ1) is 19.5. The van der Waals surface area contributed by atoms with Gasteiger partial charge in [0.15, 0.2) is 5.69 Å². The smallest absolute Gasteiger partial charge is 0.434 e. The molecule has 4 rings (SSSR count). The van der Waals surface area contributed by atoms with Crippen molar-refractivity contribution < 1.29 is 22.3 Å². The van der Waals surface area contributed by atoms with Gasteiger partial charge in [-0.3, -0.25) is 9.67 Å². The van der Waals surface area contributed by atoms with Crippen molar-refractivity contribution in [2.24, 2.45) is 7.05 Å². The molecule has 0 amide bonds. The molecule has 0 bridgehead atoms. The van der Waals surface area contributed by atoms with Crippen LogP contribution in [0, 0.1) is 5.82 Å². The minimum Gasteiger partial charge on any atom is -0.489 e. The Morgan fingerprint density at radius 3 is 2.69 bits per heavy atom. The Hall–Kier alpha value is -2.81. The zero-order chi connectivity index (χ0) is 20.8. The summed E-state index contributed by atoms with van der Waals surface area (Å²) >= 11 is 5.95. The van der Waals surface area contributed by atoms with E-state index in [4.69, 9.17) is 16.3 Å². The van der Waals surface area contributed by atoms with Crippen LogP contribution in [0.2, 0.25) is 5.02 Å². The zero-order valence-corrected chi connectivity index (χ0v) is 15.9. The maximum atomic E-state index is 14.7. The summed E-state index contributed by atoms with van der Waals surface area (Å²) in [6.07, 6.45) is -3.05. The van der Waals surface area contributed by atoms with Crippen molar-refractivity contribution in [2.45, 2.75) is 12.7 Å². The molecule has 5 nitrogen and oxygen atoms in total. The summed E-state index contributed by atoms with van der Waals surface area (Å²) < 4.78 is 60.6. The summed E-state index contributed by atoms with van der Waals surface area (Å²) in [6.45, 7) is 1.30. The summed E-state index contributed by atoms with van der Waals surface area (Å²) in [5, 5.41) is 3.17. The average molecular weight is 427 g/mol. The van der Waals surface area contributed by atoms with E-state index in [1.54, 1.807) is 12.3 Å². The Morgan fingerprint density at radius 2 is 2.03 bits per heavy atom. The average Bonchev–Trinajstić information content (AvgIpc) is 2.96. The number of alkyl halides is 3. The van der Waals surface area contributed by atoms with E-state index < -0.39 is 22.7 Å².